The summed E-state index contributed by atoms with van der Waals surface area (Å²) >= 11 is 0. The molecule has 2 amide bonds. The maximum absolute atomic E-state index is 12.0. The topological polar surface area (TPSA) is 165 Å². The number of nitro benzene ring substituents is 1. The van der Waals surface area contributed by atoms with Crippen molar-refractivity contribution < 1.29 is 33.9 Å². The first-order valence-electron chi connectivity index (χ1n) is 8.70. The quantitative estimate of drug-likeness (QED) is 0.250. The molecule has 0 saturated heterocycles. The van der Waals surface area contributed by atoms with Crippen molar-refractivity contribution in [3.8, 4) is 0 Å². The number of carbonyl (C=O) groups excluding carboxylic acids is 3. The van der Waals surface area contributed by atoms with Crippen molar-refractivity contribution in [2.24, 2.45) is 0 Å². The van der Waals surface area contributed by atoms with Crippen LogP contribution in [0.2, 0.25) is 0 Å². The lowest BCUT2D eigenvalue weighted by Crippen LogP contribution is -2.21. The lowest BCUT2D eigenvalue weighted by atomic mass is 10.2. The van der Waals surface area contributed by atoms with Gasteiger partial charge in [-0.1, -0.05) is 6.07 Å². The second kappa shape index (κ2) is 10.3. The van der Waals surface area contributed by atoms with E-state index in [0.29, 0.717) is 5.69 Å². The molecule has 0 radical (unpaired) electrons. The minimum absolute atomic E-state index is 0.110. The number of carbonyl (C=O) groups is 4. The van der Waals surface area contributed by atoms with E-state index in [0.717, 1.165) is 6.08 Å². The molecule has 0 bridgehead atoms. The SMILES string of the molecule is CC(=CC(=O)Nc1ccc(C(=O)OCC(=O)Nc2cccc([N+](=O)[O-])c2)cc1)C(=O)O. The number of nitrogens with one attached hydrogen (secondary N) is 2. The van der Waals surface area contributed by atoms with Crippen LogP contribution in [0.4, 0.5) is 17.1 Å². The molecule has 0 unspecified atom stereocenters. The Hall–Kier alpha value is -4.54. The number of benzene rings is 2. The molecule has 0 fully saturated rings. The molecule has 2 aromatic rings. The Morgan fingerprint density at radius 3 is 2.35 bits per heavy atom. The largest absolute Gasteiger partial charge is 0.478 e. The molecule has 0 aliphatic carbocycles. The maximum Gasteiger partial charge on any atom is 0.338 e. The minimum Gasteiger partial charge on any atom is -0.478 e. The van der Waals surface area contributed by atoms with Crippen LogP contribution < -0.4 is 10.6 Å². The molecule has 0 aromatic heterocycles. The van der Waals surface area contributed by atoms with E-state index in [1.165, 1.54) is 55.5 Å². The molecule has 31 heavy (non-hydrogen) atoms. The summed E-state index contributed by atoms with van der Waals surface area (Å²) in [6.45, 7) is 0.662. The highest BCUT2D eigenvalue weighted by Crippen LogP contribution is 2.17. The van der Waals surface area contributed by atoms with Crippen LogP contribution in [0.3, 0.4) is 0 Å². The Labute approximate surface area is 175 Å². The van der Waals surface area contributed by atoms with Crippen molar-refractivity contribution in [1.82, 2.24) is 0 Å². The number of anilines is 2. The monoisotopic (exact) mass is 427 g/mol. The summed E-state index contributed by atoms with van der Waals surface area (Å²) in [5, 5.41) is 24.3. The number of esters is 1. The Balaban J connectivity index is 1.88. The molecule has 160 valence electrons. The van der Waals surface area contributed by atoms with Crippen molar-refractivity contribution in [3.05, 3.63) is 75.9 Å². The van der Waals surface area contributed by atoms with Crippen molar-refractivity contribution in [2.75, 3.05) is 17.2 Å². The van der Waals surface area contributed by atoms with Gasteiger partial charge in [-0.2, -0.15) is 0 Å². The van der Waals surface area contributed by atoms with Crippen LogP contribution in [0.1, 0.15) is 17.3 Å². The van der Waals surface area contributed by atoms with Crippen molar-refractivity contribution in [3.63, 3.8) is 0 Å². The summed E-state index contributed by atoms with van der Waals surface area (Å²) < 4.78 is 4.89. The van der Waals surface area contributed by atoms with E-state index in [2.05, 4.69) is 10.6 Å². The van der Waals surface area contributed by atoms with Crippen LogP contribution in [0, 0.1) is 10.1 Å². The number of carboxylic acid groups (broad SMARTS) is 1. The van der Waals surface area contributed by atoms with Crippen LogP contribution >= 0.6 is 0 Å². The molecule has 0 aliphatic heterocycles. The highest BCUT2D eigenvalue weighted by atomic mass is 16.6. The Morgan fingerprint density at radius 1 is 1.06 bits per heavy atom. The third kappa shape index (κ3) is 7.09. The van der Waals surface area contributed by atoms with Gasteiger partial charge in [-0.15, -0.1) is 0 Å². The summed E-state index contributed by atoms with van der Waals surface area (Å²) in [7, 11) is 0. The fraction of sp³-hybridized carbons (Fsp3) is 0.100. The van der Waals surface area contributed by atoms with Crippen LogP contribution in [0.25, 0.3) is 0 Å². The average Bonchev–Trinajstić information content (AvgIpc) is 2.72. The zero-order valence-electron chi connectivity index (χ0n) is 16.2. The number of nitrogens with zero attached hydrogens (tertiary/aromatic N) is 1. The zero-order chi connectivity index (χ0) is 23.0. The number of nitro groups is 1. The summed E-state index contributed by atoms with van der Waals surface area (Å²) in [4.78, 5) is 56.5. The van der Waals surface area contributed by atoms with Gasteiger partial charge in [0.05, 0.1) is 10.5 Å². The molecule has 0 aliphatic rings. The standard InChI is InChI=1S/C20H17N3O8/c1-12(19(26)27)9-17(24)21-14-7-5-13(6-8-14)20(28)31-11-18(25)22-15-3-2-4-16(10-15)23(29)30/h2-10H,11H2,1H3,(H,21,24)(H,22,25)(H,26,27). The third-order valence-electron chi connectivity index (χ3n) is 3.75. The Bertz CT molecular complexity index is 1060. The number of non-ortho nitro benzene ring substituents is 1. The van der Waals surface area contributed by atoms with Gasteiger partial charge in [0.1, 0.15) is 0 Å². The first kappa shape index (κ1) is 22.7. The normalized spacial score (nSPS) is 10.7. The number of amides is 2. The van der Waals surface area contributed by atoms with Crippen LogP contribution in [-0.4, -0.2) is 40.4 Å². The van der Waals surface area contributed by atoms with E-state index in [1.807, 2.05) is 0 Å². The van der Waals surface area contributed by atoms with Gasteiger partial charge in [-0.3, -0.25) is 19.7 Å². The van der Waals surface area contributed by atoms with Crippen LogP contribution in [-0.2, 0) is 19.1 Å². The number of hydrogen-bond acceptors (Lipinski definition) is 7. The van der Waals surface area contributed by atoms with Gasteiger partial charge >= 0.3 is 11.9 Å². The third-order valence-corrected chi connectivity index (χ3v) is 3.75. The second-order valence-electron chi connectivity index (χ2n) is 6.13. The highest BCUT2D eigenvalue weighted by molar-refractivity contribution is 6.04. The lowest BCUT2D eigenvalue weighted by molar-refractivity contribution is -0.384. The molecule has 0 spiro atoms. The summed E-state index contributed by atoms with van der Waals surface area (Å²) in [5.41, 5.74) is 0.275. The van der Waals surface area contributed by atoms with Crippen molar-refractivity contribution in [2.45, 2.75) is 6.92 Å². The molecule has 0 saturated carbocycles. The van der Waals surface area contributed by atoms with Gasteiger partial charge in [0.2, 0.25) is 5.91 Å². The number of rotatable bonds is 8. The lowest BCUT2D eigenvalue weighted by Gasteiger charge is -2.07. The van der Waals surface area contributed by atoms with Crippen LogP contribution in [0.15, 0.2) is 60.2 Å². The number of hydrogen-bond donors (Lipinski definition) is 3. The average molecular weight is 427 g/mol. The first-order valence-corrected chi connectivity index (χ1v) is 8.70. The van der Waals surface area contributed by atoms with E-state index in [-0.39, 0.29) is 22.5 Å². The molecular weight excluding hydrogens is 410 g/mol. The van der Waals surface area contributed by atoms with Gasteiger partial charge < -0.3 is 20.5 Å². The Morgan fingerprint density at radius 2 is 1.74 bits per heavy atom. The van der Waals surface area contributed by atoms with E-state index in [4.69, 9.17) is 9.84 Å². The summed E-state index contributed by atoms with van der Waals surface area (Å²) in [6, 6.07) is 10.8. The molecule has 2 rings (SSSR count). The van der Waals surface area contributed by atoms with Gasteiger partial charge in [0.15, 0.2) is 6.61 Å². The number of carboxylic acids is 1. The smallest absolute Gasteiger partial charge is 0.338 e. The fourth-order valence-corrected chi connectivity index (χ4v) is 2.24. The predicted octanol–water partition coefficient (Wildman–Crippen LogP) is 2.36. The fourth-order valence-electron chi connectivity index (χ4n) is 2.24. The molecule has 0 heterocycles. The summed E-state index contributed by atoms with van der Waals surface area (Å²) in [5.74, 6) is -3.34. The number of ether oxygens (including phenoxy) is 1. The molecule has 3 N–H and O–H groups in total. The van der Waals surface area contributed by atoms with E-state index in [9.17, 15) is 29.3 Å². The summed E-state index contributed by atoms with van der Waals surface area (Å²) in [6.07, 6.45) is 0.921. The van der Waals surface area contributed by atoms with Crippen molar-refractivity contribution >= 4 is 40.8 Å². The maximum atomic E-state index is 12.0. The number of aliphatic carboxylic acids is 1. The van der Waals surface area contributed by atoms with E-state index >= 15 is 0 Å². The predicted molar refractivity (Wildman–Crippen MR) is 108 cm³/mol. The van der Waals surface area contributed by atoms with Gasteiger partial charge in [0, 0.05) is 35.2 Å². The molecular formula is C20H17N3O8. The molecule has 11 heteroatoms. The first-order chi connectivity index (χ1) is 14.7. The van der Waals surface area contributed by atoms with Crippen LogP contribution in [0.5, 0.6) is 0 Å². The van der Waals surface area contributed by atoms with Gasteiger partial charge in [0.25, 0.3) is 11.6 Å². The van der Waals surface area contributed by atoms with Crippen molar-refractivity contribution in [1.29, 1.82) is 0 Å². The Kier molecular flexibility index (Phi) is 7.56. The van der Waals surface area contributed by atoms with Gasteiger partial charge in [-0.05, 0) is 37.3 Å². The second-order valence-corrected chi connectivity index (χ2v) is 6.13. The minimum atomic E-state index is -1.22. The zero-order valence-corrected chi connectivity index (χ0v) is 16.2. The van der Waals surface area contributed by atoms with Gasteiger partial charge in [-0.25, -0.2) is 9.59 Å². The molecule has 0 atom stereocenters. The van der Waals surface area contributed by atoms with E-state index in [1.54, 1.807) is 0 Å². The van der Waals surface area contributed by atoms with E-state index < -0.39 is 35.3 Å². The molecule has 11 nitrogen and oxygen atoms in total. The highest BCUT2D eigenvalue weighted by Gasteiger charge is 2.12. The molecule has 2 aromatic carbocycles.